The Bertz CT molecular complexity index is 435. The highest BCUT2D eigenvalue weighted by atomic mass is 32.2. The Hall–Kier alpha value is -1.07. The van der Waals surface area contributed by atoms with Crippen LogP contribution in [0.25, 0.3) is 0 Å². The molecule has 108 valence electrons. The lowest BCUT2D eigenvalue weighted by molar-refractivity contribution is 0.387. The standard InChI is InChI=1S/C14H23NO3S/c1-10(2)19(16)9-13(15-3)12-7-6-11(17-4)8-14(12)18-5/h6-8,10,13,15H,9H2,1-5H3. The van der Waals surface area contributed by atoms with Crippen LogP contribution in [0.2, 0.25) is 0 Å². The van der Waals surface area contributed by atoms with Crippen LogP contribution in [0.15, 0.2) is 18.2 Å². The molecule has 0 aliphatic heterocycles. The van der Waals surface area contributed by atoms with Gasteiger partial charge >= 0.3 is 0 Å². The van der Waals surface area contributed by atoms with Gasteiger partial charge in [0.25, 0.3) is 0 Å². The van der Waals surface area contributed by atoms with Crippen molar-refractivity contribution in [2.24, 2.45) is 0 Å². The summed E-state index contributed by atoms with van der Waals surface area (Å²) in [5.41, 5.74) is 1.000. The lowest BCUT2D eigenvalue weighted by Gasteiger charge is -2.20. The molecule has 0 radical (unpaired) electrons. The summed E-state index contributed by atoms with van der Waals surface area (Å²) < 4.78 is 22.6. The molecule has 4 nitrogen and oxygen atoms in total. The largest absolute Gasteiger partial charge is 0.497 e. The number of hydrogen-bond donors (Lipinski definition) is 1. The summed E-state index contributed by atoms with van der Waals surface area (Å²) in [4.78, 5) is 0. The molecule has 0 spiro atoms. The van der Waals surface area contributed by atoms with Gasteiger partial charge in [-0.2, -0.15) is 0 Å². The number of ether oxygens (including phenoxy) is 2. The monoisotopic (exact) mass is 285 g/mol. The predicted octanol–water partition coefficient (Wildman–Crippen LogP) is 2.12. The second-order valence-corrected chi connectivity index (χ2v) is 6.58. The predicted molar refractivity (Wildman–Crippen MR) is 79.5 cm³/mol. The zero-order valence-corrected chi connectivity index (χ0v) is 13.0. The molecule has 0 saturated carbocycles. The van der Waals surface area contributed by atoms with Gasteiger partial charge in [0.15, 0.2) is 0 Å². The normalized spacial score (nSPS) is 14.2. The molecule has 1 rings (SSSR count). The molecular formula is C14H23NO3S. The van der Waals surface area contributed by atoms with Crippen molar-refractivity contribution in [3.63, 3.8) is 0 Å². The fourth-order valence-electron chi connectivity index (χ4n) is 1.79. The third-order valence-corrected chi connectivity index (χ3v) is 4.73. The van der Waals surface area contributed by atoms with Crippen molar-refractivity contribution in [2.75, 3.05) is 27.0 Å². The summed E-state index contributed by atoms with van der Waals surface area (Å²) in [6, 6.07) is 5.69. The summed E-state index contributed by atoms with van der Waals surface area (Å²) in [6.07, 6.45) is 0. The molecule has 1 aromatic carbocycles. The third kappa shape index (κ3) is 4.21. The molecule has 1 aromatic rings. The Morgan fingerprint density at radius 3 is 2.42 bits per heavy atom. The number of nitrogens with one attached hydrogen (secondary N) is 1. The zero-order chi connectivity index (χ0) is 14.4. The third-order valence-electron chi connectivity index (χ3n) is 3.02. The molecule has 19 heavy (non-hydrogen) atoms. The molecule has 5 heteroatoms. The van der Waals surface area contributed by atoms with Crippen molar-refractivity contribution in [2.45, 2.75) is 25.1 Å². The smallest absolute Gasteiger partial charge is 0.127 e. The van der Waals surface area contributed by atoms with Crippen molar-refractivity contribution in [3.05, 3.63) is 23.8 Å². The summed E-state index contributed by atoms with van der Waals surface area (Å²) in [5, 5.41) is 3.36. The van der Waals surface area contributed by atoms with Crippen molar-refractivity contribution in [3.8, 4) is 11.5 Å². The molecule has 0 fully saturated rings. The summed E-state index contributed by atoms with van der Waals surface area (Å²) in [7, 11) is 4.25. The molecule has 0 aromatic heterocycles. The second kappa shape index (κ2) is 7.50. The second-order valence-electron chi connectivity index (χ2n) is 4.55. The summed E-state index contributed by atoms with van der Waals surface area (Å²) >= 11 is 0. The highest BCUT2D eigenvalue weighted by molar-refractivity contribution is 7.85. The number of benzene rings is 1. The highest BCUT2D eigenvalue weighted by Crippen LogP contribution is 2.30. The van der Waals surface area contributed by atoms with E-state index in [0.717, 1.165) is 17.1 Å². The van der Waals surface area contributed by atoms with E-state index >= 15 is 0 Å². The molecule has 0 bridgehead atoms. The average Bonchev–Trinajstić information content (AvgIpc) is 2.43. The fraction of sp³-hybridized carbons (Fsp3) is 0.571. The minimum absolute atomic E-state index is 0.00379. The Kier molecular flexibility index (Phi) is 6.31. The lowest BCUT2D eigenvalue weighted by Crippen LogP contribution is -2.26. The van der Waals surface area contributed by atoms with E-state index in [4.69, 9.17) is 9.47 Å². The molecule has 0 aliphatic rings. The Morgan fingerprint density at radius 1 is 1.26 bits per heavy atom. The first-order chi connectivity index (χ1) is 9.03. The molecule has 0 amide bonds. The van der Waals surface area contributed by atoms with Gasteiger partial charge in [0.05, 0.1) is 14.2 Å². The lowest BCUT2D eigenvalue weighted by atomic mass is 10.1. The Morgan fingerprint density at radius 2 is 1.95 bits per heavy atom. The minimum Gasteiger partial charge on any atom is -0.497 e. The maximum Gasteiger partial charge on any atom is 0.127 e. The van der Waals surface area contributed by atoms with Crippen LogP contribution in [-0.2, 0) is 10.8 Å². The fourth-order valence-corrected chi connectivity index (χ4v) is 2.85. The van der Waals surface area contributed by atoms with Crippen molar-refractivity contribution in [1.82, 2.24) is 5.32 Å². The van der Waals surface area contributed by atoms with Gasteiger partial charge in [0.1, 0.15) is 11.5 Å². The van der Waals surface area contributed by atoms with Crippen molar-refractivity contribution < 1.29 is 13.7 Å². The van der Waals surface area contributed by atoms with Gasteiger partial charge in [-0.05, 0) is 13.1 Å². The van der Waals surface area contributed by atoms with Crippen molar-refractivity contribution >= 4 is 10.8 Å². The van der Waals surface area contributed by atoms with Crippen molar-refractivity contribution in [1.29, 1.82) is 0 Å². The van der Waals surface area contributed by atoms with Crippen LogP contribution in [0.1, 0.15) is 25.5 Å². The Labute approximate surface area is 118 Å². The van der Waals surface area contributed by atoms with Gasteiger partial charge in [-0.25, -0.2) is 0 Å². The van der Waals surface area contributed by atoms with E-state index < -0.39 is 10.8 Å². The minimum atomic E-state index is -0.869. The van der Waals surface area contributed by atoms with Crippen LogP contribution in [0.3, 0.4) is 0 Å². The first kappa shape index (κ1) is 16.0. The molecule has 0 aliphatic carbocycles. The van der Waals surface area contributed by atoms with Gasteiger partial charge in [0, 0.05) is 39.5 Å². The summed E-state index contributed by atoms with van der Waals surface area (Å²) in [5.74, 6) is 2.07. The SMILES string of the molecule is CNC(CS(=O)C(C)C)c1ccc(OC)cc1OC. The first-order valence-corrected chi connectivity index (χ1v) is 7.68. The van der Waals surface area contributed by atoms with Crippen LogP contribution in [-0.4, -0.2) is 36.5 Å². The maximum absolute atomic E-state index is 12.0. The first-order valence-electron chi connectivity index (χ1n) is 6.29. The Balaban J connectivity index is 3.00. The van der Waals surface area contributed by atoms with E-state index in [-0.39, 0.29) is 11.3 Å². The van der Waals surface area contributed by atoms with Crippen LogP contribution in [0.5, 0.6) is 11.5 Å². The topological polar surface area (TPSA) is 47.6 Å². The number of hydrogen-bond acceptors (Lipinski definition) is 4. The van der Waals surface area contributed by atoms with E-state index in [1.54, 1.807) is 14.2 Å². The van der Waals surface area contributed by atoms with Gasteiger partial charge < -0.3 is 14.8 Å². The average molecular weight is 285 g/mol. The quantitative estimate of drug-likeness (QED) is 0.833. The van der Waals surface area contributed by atoms with E-state index in [0.29, 0.717) is 5.75 Å². The molecule has 2 atom stereocenters. The van der Waals surface area contributed by atoms with Crippen LogP contribution in [0, 0.1) is 0 Å². The van der Waals surface area contributed by atoms with E-state index in [1.807, 2.05) is 39.1 Å². The molecule has 0 saturated heterocycles. The molecule has 1 N–H and O–H groups in total. The summed E-state index contributed by atoms with van der Waals surface area (Å²) in [6.45, 7) is 3.93. The van der Waals surface area contributed by atoms with E-state index in [9.17, 15) is 4.21 Å². The maximum atomic E-state index is 12.0. The molecule has 2 unspecified atom stereocenters. The van der Waals surface area contributed by atoms with Crippen LogP contribution in [0.4, 0.5) is 0 Å². The number of rotatable bonds is 7. The molecular weight excluding hydrogens is 262 g/mol. The van der Waals surface area contributed by atoms with E-state index in [2.05, 4.69) is 5.32 Å². The van der Waals surface area contributed by atoms with Gasteiger partial charge in [-0.1, -0.05) is 19.9 Å². The highest BCUT2D eigenvalue weighted by Gasteiger charge is 2.19. The van der Waals surface area contributed by atoms with Gasteiger partial charge in [-0.3, -0.25) is 4.21 Å². The van der Waals surface area contributed by atoms with E-state index in [1.165, 1.54) is 0 Å². The number of methoxy groups -OCH3 is 2. The van der Waals surface area contributed by atoms with Crippen LogP contribution < -0.4 is 14.8 Å². The van der Waals surface area contributed by atoms with Gasteiger partial charge in [0.2, 0.25) is 0 Å². The molecule has 0 heterocycles. The van der Waals surface area contributed by atoms with Gasteiger partial charge in [-0.15, -0.1) is 0 Å². The van der Waals surface area contributed by atoms with Crippen LogP contribution >= 0.6 is 0 Å². The zero-order valence-electron chi connectivity index (χ0n) is 12.2.